The van der Waals surface area contributed by atoms with Crippen LogP contribution in [0.25, 0.3) is 0 Å². The van der Waals surface area contributed by atoms with Gasteiger partial charge in [-0.3, -0.25) is 0 Å². The molecule has 2 heterocycles. The molecule has 0 spiro atoms. The van der Waals surface area contributed by atoms with Crippen LogP contribution >= 0.6 is 0 Å². The fraction of sp³-hybridized carbons (Fsp3) is 0.368. The van der Waals surface area contributed by atoms with Gasteiger partial charge in [0.05, 0.1) is 11.7 Å². The van der Waals surface area contributed by atoms with E-state index >= 15 is 0 Å². The van der Waals surface area contributed by atoms with E-state index in [2.05, 4.69) is 15.2 Å². The average Bonchev–Trinajstić information content (AvgIpc) is 3.15. The molecule has 0 bridgehead atoms. The number of benzene rings is 1. The van der Waals surface area contributed by atoms with Crippen molar-refractivity contribution in [3.63, 3.8) is 0 Å². The minimum Gasteiger partial charge on any atom is -0.508 e. The van der Waals surface area contributed by atoms with Crippen LogP contribution in [0.15, 0.2) is 42.6 Å². The third kappa shape index (κ3) is 3.84. The van der Waals surface area contributed by atoms with Gasteiger partial charge in [-0.25, -0.2) is 9.78 Å². The lowest BCUT2D eigenvalue weighted by Crippen LogP contribution is -2.34. The van der Waals surface area contributed by atoms with Crippen LogP contribution in [0, 0.1) is 0 Å². The number of rotatable bonds is 4. The van der Waals surface area contributed by atoms with Crippen LogP contribution in [-0.4, -0.2) is 41.2 Å². The number of phenolic OH excluding ortho intramolecular Hbond substituents is 1. The lowest BCUT2D eigenvalue weighted by Gasteiger charge is -2.27. The summed E-state index contributed by atoms with van der Waals surface area (Å²) in [5.41, 5.74) is 1.60. The molecule has 0 unspecified atom stereocenters. The molecule has 3 rings (SSSR count). The molecule has 1 aromatic heterocycles. The van der Waals surface area contributed by atoms with E-state index in [0.717, 1.165) is 43.0 Å². The lowest BCUT2D eigenvalue weighted by molar-refractivity contribution is 0.208. The molecule has 6 heteroatoms. The SMILES string of the molecule is C[C@@H](c1cccc(O)c1)N(C)C(=O)Nc1cccnc1N1CCCC1. The summed E-state index contributed by atoms with van der Waals surface area (Å²) in [7, 11) is 1.75. The van der Waals surface area contributed by atoms with Gasteiger partial charge in [0.2, 0.25) is 0 Å². The van der Waals surface area contributed by atoms with Crippen molar-refractivity contribution in [3.05, 3.63) is 48.2 Å². The van der Waals surface area contributed by atoms with Crippen molar-refractivity contribution in [1.29, 1.82) is 0 Å². The maximum absolute atomic E-state index is 12.7. The second-order valence-electron chi connectivity index (χ2n) is 6.38. The van der Waals surface area contributed by atoms with E-state index in [4.69, 9.17) is 0 Å². The maximum atomic E-state index is 12.7. The number of aromatic nitrogens is 1. The summed E-state index contributed by atoms with van der Waals surface area (Å²) in [5.74, 6) is 1.02. The fourth-order valence-corrected chi connectivity index (χ4v) is 3.06. The van der Waals surface area contributed by atoms with Crippen LogP contribution in [0.1, 0.15) is 31.4 Å². The van der Waals surface area contributed by atoms with Crippen molar-refractivity contribution in [1.82, 2.24) is 9.88 Å². The van der Waals surface area contributed by atoms with E-state index in [0.29, 0.717) is 0 Å². The number of amides is 2. The number of hydrogen-bond acceptors (Lipinski definition) is 4. The highest BCUT2D eigenvalue weighted by molar-refractivity contribution is 5.92. The molecule has 1 aliphatic rings. The topological polar surface area (TPSA) is 68.7 Å². The van der Waals surface area contributed by atoms with Gasteiger partial charge in [0.1, 0.15) is 5.75 Å². The van der Waals surface area contributed by atoms with Crippen LogP contribution in [0.3, 0.4) is 0 Å². The highest BCUT2D eigenvalue weighted by Crippen LogP contribution is 2.28. The Bertz CT molecular complexity index is 744. The van der Waals surface area contributed by atoms with E-state index in [1.165, 1.54) is 0 Å². The summed E-state index contributed by atoms with van der Waals surface area (Å²) < 4.78 is 0. The van der Waals surface area contributed by atoms with Crippen molar-refractivity contribution < 1.29 is 9.90 Å². The molecule has 132 valence electrons. The summed E-state index contributed by atoms with van der Waals surface area (Å²) in [6, 6.07) is 10.3. The van der Waals surface area contributed by atoms with Gasteiger partial charge >= 0.3 is 6.03 Å². The Hall–Kier alpha value is -2.76. The van der Waals surface area contributed by atoms with Crippen molar-refractivity contribution >= 4 is 17.5 Å². The van der Waals surface area contributed by atoms with Crippen molar-refractivity contribution in [2.24, 2.45) is 0 Å². The molecule has 6 nitrogen and oxygen atoms in total. The number of carbonyl (C=O) groups is 1. The molecule has 0 saturated carbocycles. The number of aromatic hydroxyl groups is 1. The number of pyridine rings is 1. The van der Waals surface area contributed by atoms with E-state index in [9.17, 15) is 9.90 Å². The fourth-order valence-electron chi connectivity index (χ4n) is 3.06. The first kappa shape index (κ1) is 17.1. The third-order valence-electron chi connectivity index (χ3n) is 4.69. The zero-order valence-corrected chi connectivity index (χ0v) is 14.6. The Morgan fingerprint density at radius 1 is 1.28 bits per heavy atom. The smallest absolute Gasteiger partial charge is 0.322 e. The quantitative estimate of drug-likeness (QED) is 0.892. The second-order valence-corrected chi connectivity index (χ2v) is 6.38. The first-order chi connectivity index (χ1) is 12.1. The van der Waals surface area contributed by atoms with Gasteiger partial charge in [-0.2, -0.15) is 0 Å². The third-order valence-corrected chi connectivity index (χ3v) is 4.69. The number of nitrogens with one attached hydrogen (secondary N) is 1. The zero-order valence-electron chi connectivity index (χ0n) is 14.6. The molecule has 1 aliphatic heterocycles. The van der Waals surface area contributed by atoms with Gasteiger partial charge in [-0.15, -0.1) is 0 Å². The molecule has 2 N–H and O–H groups in total. The molecular formula is C19H24N4O2. The molecular weight excluding hydrogens is 316 g/mol. The Morgan fingerprint density at radius 2 is 2.04 bits per heavy atom. The predicted molar refractivity (Wildman–Crippen MR) is 99.0 cm³/mol. The van der Waals surface area contributed by atoms with Gasteiger partial charge in [0.25, 0.3) is 0 Å². The minimum absolute atomic E-state index is 0.168. The largest absolute Gasteiger partial charge is 0.508 e. The molecule has 2 aromatic rings. The number of anilines is 2. The van der Waals surface area contributed by atoms with Gasteiger partial charge < -0.3 is 20.2 Å². The number of carbonyl (C=O) groups excluding carboxylic acids is 1. The first-order valence-corrected chi connectivity index (χ1v) is 8.59. The van der Waals surface area contributed by atoms with Crippen LogP contribution in [0.4, 0.5) is 16.3 Å². The van der Waals surface area contributed by atoms with Gasteiger partial charge in [0.15, 0.2) is 5.82 Å². The maximum Gasteiger partial charge on any atom is 0.322 e. The van der Waals surface area contributed by atoms with E-state index in [-0.39, 0.29) is 17.8 Å². The number of urea groups is 1. The first-order valence-electron chi connectivity index (χ1n) is 8.59. The molecule has 1 aromatic carbocycles. The second kappa shape index (κ2) is 7.42. The predicted octanol–water partition coefficient (Wildman–Crippen LogP) is 3.61. The van der Waals surface area contributed by atoms with Crippen molar-refractivity contribution in [2.45, 2.75) is 25.8 Å². The van der Waals surface area contributed by atoms with E-state index in [1.807, 2.05) is 25.1 Å². The van der Waals surface area contributed by atoms with E-state index < -0.39 is 0 Å². The molecule has 1 saturated heterocycles. The standard InChI is InChI=1S/C19H24N4O2/c1-14(15-7-5-8-16(24)13-15)22(2)19(25)21-17-9-6-10-20-18(17)23-11-3-4-12-23/h5-10,13-14,24H,3-4,11-12H2,1-2H3,(H,21,25)/t14-/m0/s1. The van der Waals surface area contributed by atoms with Crippen LogP contribution in [0.5, 0.6) is 5.75 Å². The van der Waals surface area contributed by atoms with Crippen molar-refractivity contribution in [3.8, 4) is 5.75 Å². The lowest BCUT2D eigenvalue weighted by atomic mass is 10.1. The van der Waals surface area contributed by atoms with E-state index in [1.54, 1.807) is 36.3 Å². The Balaban J connectivity index is 1.73. The molecule has 2 amide bonds. The van der Waals surface area contributed by atoms with Crippen LogP contribution < -0.4 is 10.2 Å². The highest BCUT2D eigenvalue weighted by atomic mass is 16.3. The molecule has 1 atom stereocenters. The molecule has 25 heavy (non-hydrogen) atoms. The molecule has 0 aliphatic carbocycles. The molecule has 1 fully saturated rings. The van der Waals surface area contributed by atoms with Gasteiger partial charge in [-0.05, 0) is 49.6 Å². The Kier molecular flexibility index (Phi) is 5.07. The Morgan fingerprint density at radius 3 is 2.76 bits per heavy atom. The summed E-state index contributed by atoms with van der Waals surface area (Å²) in [5, 5.41) is 12.6. The Labute approximate surface area is 148 Å². The normalized spacial score (nSPS) is 15.0. The minimum atomic E-state index is -0.204. The summed E-state index contributed by atoms with van der Waals surface area (Å²) in [6.07, 6.45) is 4.05. The van der Waals surface area contributed by atoms with Crippen molar-refractivity contribution in [2.75, 3.05) is 30.4 Å². The number of nitrogens with zero attached hydrogens (tertiary/aromatic N) is 3. The van der Waals surface area contributed by atoms with Gasteiger partial charge in [0, 0.05) is 26.3 Å². The summed E-state index contributed by atoms with van der Waals surface area (Å²) in [4.78, 5) is 21.0. The highest BCUT2D eigenvalue weighted by Gasteiger charge is 2.21. The zero-order chi connectivity index (χ0) is 17.8. The van der Waals surface area contributed by atoms with Crippen LogP contribution in [0.2, 0.25) is 0 Å². The molecule has 0 radical (unpaired) electrons. The average molecular weight is 340 g/mol. The monoisotopic (exact) mass is 340 g/mol. The summed E-state index contributed by atoms with van der Waals surface area (Å²) in [6.45, 7) is 3.86. The van der Waals surface area contributed by atoms with Gasteiger partial charge in [-0.1, -0.05) is 12.1 Å². The number of hydrogen-bond donors (Lipinski definition) is 2. The summed E-state index contributed by atoms with van der Waals surface area (Å²) >= 11 is 0. The van der Waals surface area contributed by atoms with Crippen LogP contribution in [-0.2, 0) is 0 Å². The number of phenols is 1.